The zero-order chi connectivity index (χ0) is 36.9. The SMILES string of the molecule is CCCCCCCCCC1CCC(c2ccc(-c3cc(F)c(-c4cc(F)c(C(F)(F)Oc5cc(F)c(F)c(F)c5)c(F)c4)c(F)c3)c(F)c2)CC1. The molecule has 1 aliphatic carbocycles. The number of benzene rings is 4. The quantitative estimate of drug-likeness (QED) is 0.0715. The largest absolute Gasteiger partial charge is 0.432 e. The first-order valence-corrected chi connectivity index (χ1v) is 17.3. The van der Waals surface area contributed by atoms with Crippen molar-refractivity contribution in [1.29, 1.82) is 0 Å². The van der Waals surface area contributed by atoms with Crippen LogP contribution < -0.4 is 4.74 Å². The van der Waals surface area contributed by atoms with Gasteiger partial charge in [0.1, 0.15) is 40.4 Å². The number of rotatable bonds is 14. The minimum atomic E-state index is -4.89. The Morgan fingerprint density at radius 2 is 1.14 bits per heavy atom. The molecule has 0 amide bonds. The average molecular weight is 725 g/mol. The Kier molecular flexibility index (Phi) is 12.4. The van der Waals surface area contributed by atoms with E-state index >= 15 is 13.2 Å². The molecule has 5 rings (SSSR count). The first-order chi connectivity index (χ1) is 24.3. The minimum absolute atomic E-state index is 0.0441. The first kappa shape index (κ1) is 38.2. The summed E-state index contributed by atoms with van der Waals surface area (Å²) in [7, 11) is 0. The lowest BCUT2D eigenvalue weighted by Crippen LogP contribution is -2.25. The highest BCUT2D eigenvalue weighted by atomic mass is 19.3. The zero-order valence-corrected chi connectivity index (χ0v) is 28.0. The Morgan fingerprint density at radius 1 is 0.588 bits per heavy atom. The Balaban J connectivity index is 1.27. The third kappa shape index (κ3) is 9.08. The van der Waals surface area contributed by atoms with Crippen LogP contribution in [0.2, 0.25) is 0 Å². The maximum absolute atomic E-state index is 15.4. The van der Waals surface area contributed by atoms with Crippen molar-refractivity contribution >= 4 is 0 Å². The van der Waals surface area contributed by atoms with Crippen LogP contribution in [0.4, 0.5) is 43.9 Å². The van der Waals surface area contributed by atoms with Gasteiger partial charge in [0, 0.05) is 17.7 Å². The van der Waals surface area contributed by atoms with Crippen molar-refractivity contribution in [2.75, 3.05) is 0 Å². The molecule has 0 saturated heterocycles. The van der Waals surface area contributed by atoms with Crippen LogP contribution in [0.25, 0.3) is 22.3 Å². The smallest absolute Gasteiger partial charge is 0.429 e. The van der Waals surface area contributed by atoms with Crippen molar-refractivity contribution in [3.8, 4) is 28.0 Å². The van der Waals surface area contributed by atoms with Gasteiger partial charge in [0.05, 0.1) is 5.56 Å². The van der Waals surface area contributed by atoms with E-state index in [0.717, 1.165) is 43.4 Å². The van der Waals surface area contributed by atoms with E-state index in [4.69, 9.17) is 0 Å². The van der Waals surface area contributed by atoms with Crippen molar-refractivity contribution < 1.29 is 48.6 Å². The molecule has 0 aromatic heterocycles. The van der Waals surface area contributed by atoms with E-state index in [-0.39, 0.29) is 41.3 Å². The molecule has 0 spiro atoms. The number of alkyl halides is 2. The summed E-state index contributed by atoms with van der Waals surface area (Å²) in [4.78, 5) is 0. The van der Waals surface area contributed by atoms with Crippen molar-refractivity contribution in [2.45, 2.75) is 96.0 Å². The minimum Gasteiger partial charge on any atom is -0.429 e. The summed E-state index contributed by atoms with van der Waals surface area (Å²) >= 11 is 0. The third-order valence-corrected chi connectivity index (χ3v) is 9.71. The Hall–Kier alpha value is -4.02. The first-order valence-electron chi connectivity index (χ1n) is 17.3. The number of ether oxygens (including phenoxy) is 1. The number of hydrogen-bond donors (Lipinski definition) is 0. The fourth-order valence-corrected chi connectivity index (χ4v) is 6.98. The molecule has 51 heavy (non-hydrogen) atoms. The summed E-state index contributed by atoms with van der Waals surface area (Å²) in [5.74, 6) is -13.6. The second-order valence-corrected chi connectivity index (χ2v) is 13.3. The van der Waals surface area contributed by atoms with Gasteiger partial charge < -0.3 is 4.74 Å². The molecular formula is C40H38F10O. The Bertz CT molecular complexity index is 1760. The molecule has 1 aliphatic rings. The lowest BCUT2D eigenvalue weighted by molar-refractivity contribution is -0.189. The predicted molar refractivity (Wildman–Crippen MR) is 175 cm³/mol. The summed E-state index contributed by atoms with van der Waals surface area (Å²) < 4.78 is 149. The molecule has 11 heteroatoms. The van der Waals surface area contributed by atoms with Crippen LogP contribution in [0.3, 0.4) is 0 Å². The molecule has 0 bridgehead atoms. The Labute approximate surface area is 290 Å². The van der Waals surface area contributed by atoms with Crippen molar-refractivity contribution in [1.82, 2.24) is 0 Å². The van der Waals surface area contributed by atoms with Gasteiger partial charge in [0.15, 0.2) is 17.5 Å². The van der Waals surface area contributed by atoms with Gasteiger partial charge in [0.2, 0.25) is 0 Å². The van der Waals surface area contributed by atoms with Gasteiger partial charge >= 0.3 is 6.11 Å². The second kappa shape index (κ2) is 16.5. The summed E-state index contributed by atoms with van der Waals surface area (Å²) in [5, 5.41) is 0. The van der Waals surface area contributed by atoms with Crippen LogP contribution in [0.5, 0.6) is 5.75 Å². The van der Waals surface area contributed by atoms with Crippen LogP contribution in [-0.4, -0.2) is 0 Å². The van der Waals surface area contributed by atoms with E-state index < -0.39 is 75.1 Å². The average Bonchev–Trinajstić information content (AvgIpc) is 3.06. The molecule has 1 fully saturated rings. The monoisotopic (exact) mass is 724 g/mol. The standard InChI is InChI=1S/C40H38F10O/c1-2-3-4-5-6-7-8-9-23-10-12-24(13-11-23)25-14-15-29(30(41)16-25)26-17-31(42)37(32(43)18-26)27-19-33(44)38(34(45)20-27)40(49,50)51-28-21-35(46)39(48)36(47)22-28/h14-24H,2-13H2,1H3. The fourth-order valence-electron chi connectivity index (χ4n) is 6.98. The molecular weight excluding hydrogens is 686 g/mol. The third-order valence-electron chi connectivity index (χ3n) is 9.71. The van der Waals surface area contributed by atoms with Crippen LogP contribution in [0.1, 0.15) is 101 Å². The Morgan fingerprint density at radius 3 is 1.71 bits per heavy atom. The predicted octanol–water partition coefficient (Wildman–Crippen LogP) is 13.7. The van der Waals surface area contributed by atoms with E-state index in [1.165, 1.54) is 63.5 Å². The molecule has 1 nitrogen and oxygen atoms in total. The lowest BCUT2D eigenvalue weighted by atomic mass is 9.77. The van der Waals surface area contributed by atoms with Gasteiger partial charge in [-0.1, -0.05) is 70.4 Å². The van der Waals surface area contributed by atoms with Gasteiger partial charge in [-0.2, -0.15) is 8.78 Å². The maximum Gasteiger partial charge on any atom is 0.432 e. The normalized spacial score (nSPS) is 16.5. The van der Waals surface area contributed by atoms with E-state index in [0.29, 0.717) is 5.92 Å². The van der Waals surface area contributed by atoms with Gasteiger partial charge in [-0.05, 0) is 84.5 Å². The molecule has 4 aromatic rings. The van der Waals surface area contributed by atoms with Gasteiger partial charge in [0.25, 0.3) is 0 Å². The highest BCUT2D eigenvalue weighted by Crippen LogP contribution is 2.41. The van der Waals surface area contributed by atoms with Gasteiger partial charge in [-0.3, -0.25) is 0 Å². The van der Waals surface area contributed by atoms with Crippen LogP contribution in [0.15, 0.2) is 54.6 Å². The lowest BCUT2D eigenvalue weighted by Gasteiger charge is -2.29. The van der Waals surface area contributed by atoms with Gasteiger partial charge in [-0.25, -0.2) is 35.1 Å². The summed E-state index contributed by atoms with van der Waals surface area (Å²) in [6.07, 6.45) is 9.14. The summed E-state index contributed by atoms with van der Waals surface area (Å²) in [6, 6.07) is 6.59. The molecule has 0 N–H and O–H groups in total. The van der Waals surface area contributed by atoms with Crippen LogP contribution in [-0.2, 0) is 6.11 Å². The van der Waals surface area contributed by atoms with E-state index in [1.807, 2.05) is 0 Å². The van der Waals surface area contributed by atoms with Crippen molar-refractivity contribution in [2.24, 2.45) is 5.92 Å². The van der Waals surface area contributed by atoms with Crippen molar-refractivity contribution in [3.05, 3.63) is 112 Å². The highest BCUT2D eigenvalue weighted by molar-refractivity contribution is 5.72. The van der Waals surface area contributed by atoms with Crippen LogP contribution >= 0.6 is 0 Å². The number of halogens is 10. The number of hydrogen-bond acceptors (Lipinski definition) is 1. The molecule has 0 unspecified atom stereocenters. The van der Waals surface area contributed by atoms with Crippen molar-refractivity contribution in [3.63, 3.8) is 0 Å². The van der Waals surface area contributed by atoms with E-state index in [2.05, 4.69) is 11.7 Å². The van der Waals surface area contributed by atoms with Crippen LogP contribution in [0, 0.1) is 52.5 Å². The molecule has 274 valence electrons. The van der Waals surface area contributed by atoms with Gasteiger partial charge in [-0.15, -0.1) is 0 Å². The fraction of sp³-hybridized carbons (Fsp3) is 0.400. The van der Waals surface area contributed by atoms with E-state index in [1.54, 1.807) is 6.07 Å². The molecule has 0 heterocycles. The second-order valence-electron chi connectivity index (χ2n) is 13.3. The summed E-state index contributed by atoms with van der Waals surface area (Å²) in [5.41, 5.74) is -3.30. The molecule has 0 aliphatic heterocycles. The molecule has 4 aromatic carbocycles. The summed E-state index contributed by atoms with van der Waals surface area (Å²) in [6.45, 7) is 2.20. The maximum atomic E-state index is 15.4. The topological polar surface area (TPSA) is 9.23 Å². The molecule has 0 radical (unpaired) electrons. The molecule has 0 atom stereocenters. The highest BCUT2D eigenvalue weighted by Gasteiger charge is 2.42. The molecule has 1 saturated carbocycles. The zero-order valence-electron chi connectivity index (χ0n) is 28.0. The number of unbranched alkanes of at least 4 members (excludes halogenated alkanes) is 6. The van der Waals surface area contributed by atoms with E-state index in [9.17, 15) is 30.7 Å².